The average molecular weight is 220 g/mol. The molecule has 0 bridgehead atoms. The quantitative estimate of drug-likeness (QED) is 0.729. The molecule has 0 fully saturated rings. The second-order valence-electron chi connectivity index (χ2n) is 2.83. The van der Waals surface area contributed by atoms with Gasteiger partial charge in [0.2, 0.25) is 0 Å². The Kier molecular flexibility index (Phi) is 2.67. The van der Waals surface area contributed by atoms with Gasteiger partial charge in [0.1, 0.15) is 0 Å². The lowest BCUT2D eigenvalue weighted by Gasteiger charge is -2.01. The zero-order chi connectivity index (χ0) is 9.97. The van der Waals surface area contributed by atoms with Crippen LogP contribution in [0.25, 0.3) is 10.8 Å². The molecule has 68 valence electrons. The summed E-state index contributed by atoms with van der Waals surface area (Å²) >= 11 is 0. The van der Waals surface area contributed by atoms with Crippen LogP contribution in [-0.2, 0) is 9.13 Å². The highest BCUT2D eigenvalue weighted by molar-refractivity contribution is 7.37. The molecule has 2 aromatic rings. The highest BCUT2D eigenvalue weighted by Gasteiger charge is 2.05. The maximum atomic E-state index is 10.9. The molecule has 0 aliphatic heterocycles. The first-order chi connectivity index (χ1) is 6.86. The molecule has 0 saturated carbocycles. The predicted octanol–water partition coefficient (Wildman–Crippen LogP) is 2.67. The van der Waals surface area contributed by atoms with Crippen molar-refractivity contribution >= 4 is 38.3 Å². The molecule has 0 amide bonds. The fourth-order valence-corrected chi connectivity index (χ4v) is 2.52. The van der Waals surface area contributed by atoms with Gasteiger partial charge in [-0.15, -0.1) is 0 Å². The first-order valence-corrected chi connectivity index (χ1v) is 5.68. The zero-order valence-electron chi connectivity index (χ0n) is 7.18. The van der Waals surface area contributed by atoms with Gasteiger partial charge in [-0.2, -0.15) is 0 Å². The van der Waals surface area contributed by atoms with Crippen LogP contribution in [0.5, 0.6) is 0 Å². The van der Waals surface area contributed by atoms with Crippen LogP contribution in [0.1, 0.15) is 0 Å². The van der Waals surface area contributed by atoms with Gasteiger partial charge in [0, 0.05) is 5.39 Å². The largest absolute Gasteiger partial charge is 0.269 e. The Labute approximate surface area is 84.4 Å². The average Bonchev–Trinajstić information content (AvgIpc) is 2.27. The van der Waals surface area contributed by atoms with Crippen molar-refractivity contribution in [2.75, 3.05) is 0 Å². The Morgan fingerprint density at radius 3 is 1.71 bits per heavy atom. The van der Waals surface area contributed by atoms with Gasteiger partial charge in [0.05, 0.1) is 10.6 Å². The molecular formula is C10H6O2P2. The van der Waals surface area contributed by atoms with Crippen molar-refractivity contribution in [3.05, 3.63) is 36.4 Å². The third-order valence-corrected chi connectivity index (χ3v) is 3.20. The van der Waals surface area contributed by atoms with Gasteiger partial charge in [-0.05, 0) is 17.5 Å². The second kappa shape index (κ2) is 3.96. The van der Waals surface area contributed by atoms with E-state index in [1.54, 1.807) is 12.1 Å². The lowest BCUT2D eigenvalue weighted by molar-refractivity contribution is 0.602. The van der Waals surface area contributed by atoms with Gasteiger partial charge in [0.25, 0.3) is 0 Å². The van der Waals surface area contributed by atoms with Crippen LogP contribution >= 0.6 is 16.9 Å². The highest BCUT2D eigenvalue weighted by atomic mass is 31.1. The fourth-order valence-electron chi connectivity index (χ4n) is 1.45. The van der Waals surface area contributed by atoms with Gasteiger partial charge in [-0.1, -0.05) is 24.3 Å². The van der Waals surface area contributed by atoms with E-state index in [0.29, 0.717) is 10.6 Å². The monoisotopic (exact) mass is 220 g/mol. The highest BCUT2D eigenvalue weighted by Crippen LogP contribution is 2.16. The summed E-state index contributed by atoms with van der Waals surface area (Å²) in [4.78, 5) is 0. The molecule has 0 spiro atoms. The van der Waals surface area contributed by atoms with Crippen molar-refractivity contribution in [1.82, 2.24) is 0 Å². The molecule has 0 aliphatic rings. The summed E-state index contributed by atoms with van der Waals surface area (Å²) < 4.78 is 21.8. The molecule has 0 atom stereocenters. The minimum Gasteiger partial charge on any atom is -0.269 e. The molecule has 0 radical (unpaired) electrons. The van der Waals surface area contributed by atoms with Crippen LogP contribution in [0, 0.1) is 0 Å². The number of hydrogen-bond donors (Lipinski definition) is 0. The second-order valence-corrected chi connectivity index (χ2v) is 4.16. The summed E-state index contributed by atoms with van der Waals surface area (Å²) in [6.45, 7) is 0. The Hall–Kier alpha value is -1.10. The van der Waals surface area contributed by atoms with E-state index in [4.69, 9.17) is 0 Å². The molecule has 14 heavy (non-hydrogen) atoms. The van der Waals surface area contributed by atoms with Crippen LogP contribution in [0.3, 0.4) is 0 Å². The number of rotatable bonds is 2. The third kappa shape index (κ3) is 1.48. The molecule has 2 rings (SSSR count). The van der Waals surface area contributed by atoms with Crippen LogP contribution in [0.2, 0.25) is 0 Å². The lowest BCUT2D eigenvalue weighted by atomic mass is 10.1. The maximum Gasteiger partial charge on any atom is 0.192 e. The molecule has 4 heteroatoms. The topological polar surface area (TPSA) is 34.1 Å². The Morgan fingerprint density at radius 1 is 0.786 bits per heavy atom. The molecule has 0 heterocycles. The van der Waals surface area contributed by atoms with Crippen LogP contribution in [0.15, 0.2) is 36.4 Å². The minimum absolute atomic E-state index is 0.0378. The van der Waals surface area contributed by atoms with Crippen molar-refractivity contribution in [3.63, 3.8) is 0 Å². The van der Waals surface area contributed by atoms with Crippen molar-refractivity contribution < 1.29 is 9.13 Å². The normalized spacial score (nSPS) is 11.1. The Bertz CT molecular complexity index is 466. The minimum atomic E-state index is -0.0378. The first-order valence-electron chi connectivity index (χ1n) is 4.05. The van der Waals surface area contributed by atoms with Crippen molar-refractivity contribution in [2.24, 2.45) is 0 Å². The number of hydrogen-bond acceptors (Lipinski definition) is 2. The first kappa shape index (κ1) is 9.45. The number of benzene rings is 2. The van der Waals surface area contributed by atoms with Crippen molar-refractivity contribution in [1.29, 1.82) is 0 Å². The predicted molar refractivity (Wildman–Crippen MR) is 58.4 cm³/mol. The molecule has 0 saturated heterocycles. The molecule has 2 nitrogen and oxygen atoms in total. The zero-order valence-corrected chi connectivity index (χ0v) is 8.96. The van der Waals surface area contributed by atoms with Gasteiger partial charge in [0.15, 0.2) is 16.9 Å². The SMILES string of the molecule is O=Pc1cccc2cccc(P=O)c12. The standard InChI is InChI=1S/C10H6O2P2/c11-13-8-5-1-3-7-4-2-6-9(14-12)10(7)8/h1-6H. The van der Waals surface area contributed by atoms with Gasteiger partial charge >= 0.3 is 0 Å². The van der Waals surface area contributed by atoms with Crippen molar-refractivity contribution in [2.45, 2.75) is 0 Å². The summed E-state index contributed by atoms with van der Waals surface area (Å²) in [5.74, 6) is 0. The van der Waals surface area contributed by atoms with E-state index in [9.17, 15) is 9.13 Å². The summed E-state index contributed by atoms with van der Waals surface area (Å²) in [6.07, 6.45) is 0. The van der Waals surface area contributed by atoms with Crippen molar-refractivity contribution in [3.8, 4) is 0 Å². The van der Waals surface area contributed by atoms with Crippen LogP contribution in [0.4, 0.5) is 0 Å². The molecule has 0 aliphatic carbocycles. The molecule has 0 N–H and O–H groups in total. The molecule has 0 aromatic heterocycles. The summed E-state index contributed by atoms with van der Waals surface area (Å²) in [6, 6.07) is 11.1. The van der Waals surface area contributed by atoms with Crippen LogP contribution < -0.4 is 10.6 Å². The third-order valence-electron chi connectivity index (χ3n) is 2.06. The van der Waals surface area contributed by atoms with Gasteiger partial charge in [-0.25, -0.2) is 0 Å². The van der Waals surface area contributed by atoms with E-state index in [1.165, 1.54) is 0 Å². The molecule has 0 unspecified atom stereocenters. The smallest absolute Gasteiger partial charge is 0.192 e. The summed E-state index contributed by atoms with van der Waals surface area (Å²) in [7, 11) is -0.0756. The van der Waals surface area contributed by atoms with E-state index < -0.39 is 0 Å². The Morgan fingerprint density at radius 2 is 1.29 bits per heavy atom. The molecule has 2 aromatic carbocycles. The van der Waals surface area contributed by atoms with E-state index in [0.717, 1.165) is 10.8 Å². The maximum absolute atomic E-state index is 10.9. The molecular weight excluding hydrogens is 214 g/mol. The Balaban J connectivity index is 2.94. The van der Waals surface area contributed by atoms with E-state index in [1.807, 2.05) is 24.3 Å². The van der Waals surface area contributed by atoms with E-state index in [2.05, 4.69) is 0 Å². The summed E-state index contributed by atoms with van der Waals surface area (Å²) in [5.41, 5.74) is 0. The lowest BCUT2D eigenvalue weighted by Crippen LogP contribution is -2.04. The van der Waals surface area contributed by atoms with Crippen LogP contribution in [-0.4, -0.2) is 0 Å². The summed E-state index contributed by atoms with van der Waals surface area (Å²) in [5, 5.41) is 3.15. The van der Waals surface area contributed by atoms with Gasteiger partial charge < -0.3 is 0 Å². The fraction of sp³-hybridized carbons (Fsp3) is 0. The number of fused-ring (bicyclic) bond motifs is 1. The van der Waals surface area contributed by atoms with E-state index in [-0.39, 0.29) is 16.9 Å². The van der Waals surface area contributed by atoms with E-state index >= 15 is 0 Å². The van der Waals surface area contributed by atoms with Gasteiger partial charge in [-0.3, -0.25) is 9.13 Å².